The first-order chi connectivity index (χ1) is 7.63. The zero-order chi connectivity index (χ0) is 12.0. The summed E-state index contributed by atoms with van der Waals surface area (Å²) in [5.41, 5.74) is 8.11. The van der Waals surface area contributed by atoms with Gasteiger partial charge >= 0.3 is 5.97 Å². The fourth-order valence-corrected chi connectivity index (χ4v) is 2.14. The molecule has 0 aliphatic rings. The molecule has 2 N–H and O–H groups in total. The first-order valence-corrected chi connectivity index (χ1v) is 6.25. The van der Waals surface area contributed by atoms with Gasteiger partial charge in [0.1, 0.15) is 6.04 Å². The molecule has 1 aromatic carbocycles. The molecule has 4 heteroatoms. The molecule has 3 nitrogen and oxygen atoms in total. The van der Waals surface area contributed by atoms with Gasteiger partial charge in [-0.3, -0.25) is 4.79 Å². The summed E-state index contributed by atoms with van der Waals surface area (Å²) in [6, 6.07) is 7.81. The van der Waals surface area contributed by atoms with Crippen LogP contribution in [0.15, 0.2) is 24.3 Å². The highest BCUT2D eigenvalue weighted by molar-refractivity contribution is 7.98. The highest BCUT2D eigenvalue weighted by atomic mass is 32.2. The Morgan fingerprint density at radius 1 is 1.44 bits per heavy atom. The highest BCUT2D eigenvalue weighted by Gasteiger charge is 2.12. The van der Waals surface area contributed by atoms with E-state index in [1.54, 1.807) is 11.8 Å². The lowest BCUT2D eigenvalue weighted by atomic mass is 10.2. The fourth-order valence-electron chi connectivity index (χ4n) is 1.21. The molecule has 0 saturated carbocycles. The number of rotatable bonds is 5. The Morgan fingerprint density at radius 2 is 2.06 bits per heavy atom. The van der Waals surface area contributed by atoms with Gasteiger partial charge in [0.25, 0.3) is 0 Å². The van der Waals surface area contributed by atoms with Gasteiger partial charge in [-0.15, -0.1) is 0 Å². The molecule has 0 radical (unpaired) electrons. The largest absolute Gasteiger partial charge is 0.468 e. The Balaban J connectivity index is 2.30. The van der Waals surface area contributed by atoms with Crippen molar-refractivity contribution in [3.8, 4) is 0 Å². The van der Waals surface area contributed by atoms with Crippen molar-refractivity contribution in [3.05, 3.63) is 35.4 Å². The molecule has 0 aromatic heterocycles. The maximum Gasteiger partial charge on any atom is 0.323 e. The molecule has 0 bridgehead atoms. The van der Waals surface area contributed by atoms with Gasteiger partial charge in [0.05, 0.1) is 7.11 Å². The van der Waals surface area contributed by atoms with Crippen molar-refractivity contribution in [2.45, 2.75) is 18.7 Å². The first kappa shape index (κ1) is 13.1. The number of hydrogen-bond donors (Lipinski definition) is 1. The van der Waals surface area contributed by atoms with Gasteiger partial charge in [-0.05, 0) is 12.5 Å². The van der Waals surface area contributed by atoms with E-state index < -0.39 is 6.04 Å². The lowest BCUT2D eigenvalue weighted by molar-refractivity contribution is -0.141. The van der Waals surface area contributed by atoms with E-state index >= 15 is 0 Å². The Labute approximate surface area is 100 Å². The zero-order valence-electron chi connectivity index (χ0n) is 9.60. The summed E-state index contributed by atoms with van der Waals surface area (Å²) in [4.78, 5) is 11.0. The van der Waals surface area contributed by atoms with E-state index in [9.17, 15) is 4.79 Å². The van der Waals surface area contributed by atoms with Crippen LogP contribution in [-0.4, -0.2) is 24.9 Å². The SMILES string of the molecule is COC(=O)[C@@H](N)CSCc1ccc(C)cc1. The predicted octanol–water partition coefficient (Wildman–Crippen LogP) is 1.73. The van der Waals surface area contributed by atoms with Crippen LogP contribution in [0, 0.1) is 6.92 Å². The van der Waals surface area contributed by atoms with E-state index in [-0.39, 0.29) is 5.97 Å². The number of hydrogen-bond acceptors (Lipinski definition) is 4. The van der Waals surface area contributed by atoms with Crippen LogP contribution in [-0.2, 0) is 15.3 Å². The van der Waals surface area contributed by atoms with Gasteiger partial charge in [0.2, 0.25) is 0 Å². The third kappa shape index (κ3) is 4.24. The van der Waals surface area contributed by atoms with Crippen LogP contribution in [0.5, 0.6) is 0 Å². The van der Waals surface area contributed by atoms with Crippen molar-refractivity contribution in [1.82, 2.24) is 0 Å². The second-order valence-electron chi connectivity index (χ2n) is 3.63. The molecule has 0 aliphatic heterocycles. The summed E-state index contributed by atoms with van der Waals surface area (Å²) in [7, 11) is 1.35. The Morgan fingerprint density at radius 3 is 2.62 bits per heavy atom. The van der Waals surface area contributed by atoms with Crippen molar-refractivity contribution >= 4 is 17.7 Å². The summed E-state index contributed by atoms with van der Waals surface area (Å²) in [6.45, 7) is 2.06. The normalized spacial score (nSPS) is 12.2. The Bertz CT molecular complexity index is 337. The Kier molecular flexibility index (Phi) is 5.35. The second kappa shape index (κ2) is 6.55. The molecule has 1 atom stereocenters. The second-order valence-corrected chi connectivity index (χ2v) is 4.66. The summed E-state index contributed by atoms with van der Waals surface area (Å²) >= 11 is 1.64. The molecule has 1 aromatic rings. The first-order valence-electron chi connectivity index (χ1n) is 5.10. The number of ether oxygens (including phenoxy) is 1. The number of methoxy groups -OCH3 is 1. The molecule has 0 unspecified atom stereocenters. The lowest BCUT2D eigenvalue weighted by Crippen LogP contribution is -2.33. The number of carbonyl (C=O) groups is 1. The molecular weight excluding hydrogens is 222 g/mol. The molecule has 0 heterocycles. The standard InChI is InChI=1S/C12H17NO2S/c1-9-3-5-10(6-4-9)7-16-8-11(13)12(14)15-2/h3-6,11H,7-8,13H2,1-2H3/t11-/m0/s1. The van der Waals surface area contributed by atoms with E-state index in [2.05, 4.69) is 35.9 Å². The number of nitrogens with two attached hydrogens (primary N) is 1. The number of aryl methyl sites for hydroxylation is 1. The van der Waals surface area contributed by atoms with E-state index in [0.29, 0.717) is 5.75 Å². The predicted molar refractivity (Wildman–Crippen MR) is 67.3 cm³/mol. The average Bonchev–Trinajstić information content (AvgIpc) is 2.30. The topological polar surface area (TPSA) is 52.3 Å². The third-order valence-electron chi connectivity index (χ3n) is 2.19. The maximum atomic E-state index is 11.0. The van der Waals surface area contributed by atoms with Gasteiger partial charge in [0, 0.05) is 11.5 Å². The van der Waals surface area contributed by atoms with E-state index in [4.69, 9.17) is 5.73 Å². The highest BCUT2D eigenvalue weighted by Crippen LogP contribution is 2.13. The third-order valence-corrected chi connectivity index (χ3v) is 3.32. The quantitative estimate of drug-likeness (QED) is 0.795. The minimum Gasteiger partial charge on any atom is -0.468 e. The molecule has 16 heavy (non-hydrogen) atoms. The van der Waals surface area contributed by atoms with Gasteiger partial charge in [-0.2, -0.15) is 11.8 Å². The number of esters is 1. The van der Waals surface area contributed by atoms with Crippen LogP contribution in [0.3, 0.4) is 0 Å². The maximum absolute atomic E-state index is 11.0. The van der Waals surface area contributed by atoms with Crippen LogP contribution in [0.2, 0.25) is 0 Å². The molecule has 0 fully saturated rings. The van der Waals surface area contributed by atoms with Gasteiger partial charge in [-0.1, -0.05) is 29.8 Å². The monoisotopic (exact) mass is 239 g/mol. The molecule has 0 amide bonds. The van der Waals surface area contributed by atoms with E-state index in [1.165, 1.54) is 18.2 Å². The van der Waals surface area contributed by atoms with Gasteiger partial charge in [0.15, 0.2) is 0 Å². The molecular formula is C12H17NO2S. The number of carbonyl (C=O) groups excluding carboxylic acids is 1. The summed E-state index contributed by atoms with van der Waals surface area (Å²) < 4.78 is 4.55. The Hall–Kier alpha value is -1.00. The van der Waals surface area contributed by atoms with Crippen LogP contribution in [0.1, 0.15) is 11.1 Å². The van der Waals surface area contributed by atoms with Crippen molar-refractivity contribution in [2.24, 2.45) is 5.73 Å². The summed E-state index contributed by atoms with van der Waals surface area (Å²) in [5, 5.41) is 0. The van der Waals surface area contributed by atoms with Crippen LogP contribution in [0.4, 0.5) is 0 Å². The van der Waals surface area contributed by atoms with E-state index in [1.807, 2.05) is 0 Å². The van der Waals surface area contributed by atoms with Crippen LogP contribution >= 0.6 is 11.8 Å². The minimum absolute atomic E-state index is 0.351. The van der Waals surface area contributed by atoms with E-state index in [0.717, 1.165) is 5.75 Å². The molecule has 88 valence electrons. The average molecular weight is 239 g/mol. The van der Waals surface area contributed by atoms with Gasteiger partial charge < -0.3 is 10.5 Å². The lowest BCUT2D eigenvalue weighted by Gasteiger charge is -2.08. The van der Waals surface area contributed by atoms with Crippen molar-refractivity contribution in [3.63, 3.8) is 0 Å². The zero-order valence-corrected chi connectivity index (χ0v) is 10.4. The minimum atomic E-state index is -0.527. The molecule has 0 spiro atoms. The smallest absolute Gasteiger partial charge is 0.323 e. The van der Waals surface area contributed by atoms with Crippen molar-refractivity contribution in [1.29, 1.82) is 0 Å². The molecule has 0 saturated heterocycles. The summed E-state index contributed by atoms with van der Waals surface area (Å²) in [5.74, 6) is 1.10. The fraction of sp³-hybridized carbons (Fsp3) is 0.417. The number of thioether (sulfide) groups is 1. The van der Waals surface area contributed by atoms with Crippen molar-refractivity contribution in [2.75, 3.05) is 12.9 Å². The molecule has 0 aliphatic carbocycles. The van der Waals surface area contributed by atoms with Crippen molar-refractivity contribution < 1.29 is 9.53 Å². The number of benzene rings is 1. The molecule has 1 rings (SSSR count). The van der Waals surface area contributed by atoms with Crippen LogP contribution in [0.25, 0.3) is 0 Å². The van der Waals surface area contributed by atoms with Gasteiger partial charge in [-0.25, -0.2) is 0 Å². The summed E-state index contributed by atoms with van der Waals surface area (Å²) in [6.07, 6.45) is 0. The van der Waals surface area contributed by atoms with Crippen LogP contribution < -0.4 is 5.73 Å².